The zero-order valence-electron chi connectivity index (χ0n) is 20.9. The highest BCUT2D eigenvalue weighted by Gasteiger charge is 2.31. The van der Waals surface area contributed by atoms with Crippen LogP contribution in [0.4, 0.5) is 0 Å². The van der Waals surface area contributed by atoms with Crippen molar-refractivity contribution < 1.29 is 14.3 Å². The molecule has 5 nitrogen and oxygen atoms in total. The van der Waals surface area contributed by atoms with E-state index in [-0.39, 0.29) is 25.0 Å². The number of benzene rings is 3. The van der Waals surface area contributed by atoms with Gasteiger partial charge in [0.1, 0.15) is 11.8 Å². The molecule has 0 aliphatic heterocycles. The van der Waals surface area contributed by atoms with Crippen LogP contribution in [-0.2, 0) is 22.6 Å². The van der Waals surface area contributed by atoms with Crippen LogP contribution in [0.3, 0.4) is 0 Å². The molecule has 0 aliphatic rings. The number of carbonyl (C=O) groups excluding carboxylic acids is 2. The lowest BCUT2D eigenvalue weighted by atomic mass is 10.0. The Balaban J connectivity index is 1.92. The van der Waals surface area contributed by atoms with E-state index < -0.39 is 6.04 Å². The zero-order chi connectivity index (χ0) is 26.1. The van der Waals surface area contributed by atoms with Crippen LogP contribution >= 0.6 is 23.2 Å². The molecule has 3 aromatic carbocycles. The maximum absolute atomic E-state index is 13.6. The Labute approximate surface area is 223 Å². The fourth-order valence-electron chi connectivity index (χ4n) is 3.95. The number of ether oxygens (including phenoxy) is 1. The molecular weight excluding hydrogens is 495 g/mol. The molecule has 0 radical (unpaired) electrons. The van der Waals surface area contributed by atoms with Crippen LogP contribution in [0.2, 0.25) is 10.0 Å². The van der Waals surface area contributed by atoms with Crippen molar-refractivity contribution in [2.45, 2.75) is 46.2 Å². The summed E-state index contributed by atoms with van der Waals surface area (Å²) in [6.07, 6.45) is 1.16. The maximum Gasteiger partial charge on any atom is 0.261 e. The molecule has 0 fully saturated rings. The fourth-order valence-corrected chi connectivity index (χ4v) is 4.25. The Morgan fingerprint density at radius 1 is 0.972 bits per heavy atom. The predicted molar refractivity (Wildman–Crippen MR) is 146 cm³/mol. The lowest BCUT2D eigenvalue weighted by molar-refractivity contribution is -0.142. The highest BCUT2D eigenvalue weighted by atomic mass is 35.5. The van der Waals surface area contributed by atoms with Crippen molar-refractivity contribution >= 4 is 35.0 Å². The summed E-state index contributed by atoms with van der Waals surface area (Å²) in [6.45, 7) is 6.25. The summed E-state index contributed by atoms with van der Waals surface area (Å²) in [5, 5.41) is 4.17. The molecule has 0 aromatic heterocycles. The van der Waals surface area contributed by atoms with Crippen molar-refractivity contribution in [3.63, 3.8) is 0 Å². The zero-order valence-corrected chi connectivity index (χ0v) is 22.4. The summed E-state index contributed by atoms with van der Waals surface area (Å²) < 4.78 is 5.88. The molecule has 0 saturated carbocycles. The SMILES string of the molecule is CCCNC(=O)[C@H](Cc1ccccc1)N(Cc1ccccc1Cl)C(=O)COc1cc(C)c(Cl)c(C)c1. The number of nitrogens with zero attached hydrogens (tertiary/aromatic N) is 1. The predicted octanol–water partition coefficient (Wildman–Crippen LogP) is 6.16. The summed E-state index contributed by atoms with van der Waals surface area (Å²) in [5.74, 6) is 0.0301. The second-order valence-electron chi connectivity index (χ2n) is 8.77. The van der Waals surface area contributed by atoms with Crippen molar-refractivity contribution in [3.05, 3.63) is 99.0 Å². The minimum atomic E-state index is -0.736. The lowest BCUT2D eigenvalue weighted by Crippen LogP contribution is -2.51. The summed E-state index contributed by atoms with van der Waals surface area (Å²) in [7, 11) is 0. The molecule has 3 aromatic rings. The Bertz CT molecular complexity index is 1160. The third kappa shape index (κ3) is 7.49. The molecule has 0 spiro atoms. The monoisotopic (exact) mass is 526 g/mol. The molecule has 7 heteroatoms. The highest BCUT2D eigenvalue weighted by Crippen LogP contribution is 2.26. The van der Waals surface area contributed by atoms with E-state index in [1.54, 1.807) is 23.1 Å². The number of hydrogen-bond acceptors (Lipinski definition) is 3. The van der Waals surface area contributed by atoms with Crippen LogP contribution in [0.5, 0.6) is 5.75 Å². The topological polar surface area (TPSA) is 58.6 Å². The first-order valence-corrected chi connectivity index (χ1v) is 12.8. The molecule has 0 heterocycles. The smallest absolute Gasteiger partial charge is 0.261 e. The molecule has 1 N–H and O–H groups in total. The van der Waals surface area contributed by atoms with Gasteiger partial charge in [-0.15, -0.1) is 0 Å². The Hall–Kier alpha value is -3.02. The number of amides is 2. The molecular formula is C29H32Cl2N2O3. The minimum Gasteiger partial charge on any atom is -0.484 e. The van der Waals surface area contributed by atoms with Gasteiger partial charge < -0.3 is 15.0 Å². The second-order valence-corrected chi connectivity index (χ2v) is 9.55. The largest absolute Gasteiger partial charge is 0.484 e. The van der Waals surface area contributed by atoms with Crippen molar-refractivity contribution in [3.8, 4) is 5.75 Å². The van der Waals surface area contributed by atoms with E-state index in [0.717, 1.165) is 28.7 Å². The third-order valence-electron chi connectivity index (χ3n) is 5.89. The lowest BCUT2D eigenvalue weighted by Gasteiger charge is -2.31. The van der Waals surface area contributed by atoms with Gasteiger partial charge in [-0.2, -0.15) is 0 Å². The van der Waals surface area contributed by atoms with Gasteiger partial charge in [-0.25, -0.2) is 0 Å². The molecule has 3 rings (SSSR count). The van der Waals surface area contributed by atoms with E-state index in [2.05, 4.69) is 5.32 Å². The molecule has 0 aliphatic carbocycles. The van der Waals surface area contributed by atoms with E-state index in [1.165, 1.54) is 0 Å². The van der Waals surface area contributed by atoms with Crippen LogP contribution in [0.25, 0.3) is 0 Å². The Kier molecular flexibility index (Phi) is 10.2. The first kappa shape index (κ1) is 27.6. The van der Waals surface area contributed by atoms with Crippen molar-refractivity contribution in [1.29, 1.82) is 0 Å². The molecule has 0 bridgehead atoms. The van der Waals surface area contributed by atoms with E-state index in [0.29, 0.717) is 28.8 Å². The van der Waals surface area contributed by atoms with Gasteiger partial charge in [0.25, 0.3) is 5.91 Å². The van der Waals surface area contributed by atoms with E-state index in [4.69, 9.17) is 27.9 Å². The molecule has 190 valence electrons. The molecule has 0 unspecified atom stereocenters. The van der Waals surface area contributed by atoms with Crippen LogP contribution in [0, 0.1) is 13.8 Å². The number of rotatable bonds is 11. The first-order valence-electron chi connectivity index (χ1n) is 12.0. The number of carbonyl (C=O) groups is 2. The third-order valence-corrected chi connectivity index (χ3v) is 6.86. The van der Waals surface area contributed by atoms with Gasteiger partial charge >= 0.3 is 0 Å². The molecule has 2 amide bonds. The van der Waals surface area contributed by atoms with Crippen LogP contribution < -0.4 is 10.1 Å². The quantitative estimate of drug-likeness (QED) is 0.325. The first-order chi connectivity index (χ1) is 17.3. The second kappa shape index (κ2) is 13.3. The van der Waals surface area contributed by atoms with Gasteiger partial charge in [-0.3, -0.25) is 9.59 Å². The van der Waals surface area contributed by atoms with Crippen molar-refractivity contribution in [2.24, 2.45) is 0 Å². The van der Waals surface area contributed by atoms with Crippen LogP contribution in [-0.4, -0.2) is 35.9 Å². The number of hydrogen-bond donors (Lipinski definition) is 1. The number of halogens is 2. The van der Waals surface area contributed by atoms with Gasteiger partial charge in [0, 0.05) is 29.6 Å². The van der Waals surface area contributed by atoms with Gasteiger partial charge in [0.15, 0.2) is 6.61 Å². The van der Waals surface area contributed by atoms with Crippen LogP contribution in [0.15, 0.2) is 66.7 Å². The maximum atomic E-state index is 13.6. The van der Waals surface area contributed by atoms with E-state index in [9.17, 15) is 9.59 Å². The minimum absolute atomic E-state index is 0.178. The molecule has 0 saturated heterocycles. The summed E-state index contributed by atoms with van der Waals surface area (Å²) in [5.41, 5.74) is 3.45. The average molecular weight is 527 g/mol. The normalized spacial score (nSPS) is 11.6. The standard InChI is InChI=1S/C29H32Cl2N2O3/c1-4-14-32-29(35)26(17-22-10-6-5-7-11-22)33(18-23-12-8-9-13-25(23)30)27(34)19-36-24-15-20(2)28(31)21(3)16-24/h5-13,15-16,26H,4,14,17-19H2,1-3H3,(H,32,35)/t26-/m0/s1. The fraction of sp³-hybridized carbons (Fsp3) is 0.310. The number of aryl methyl sites for hydroxylation is 2. The van der Waals surface area contributed by atoms with Gasteiger partial charge in [-0.1, -0.05) is 78.7 Å². The van der Waals surface area contributed by atoms with Gasteiger partial charge in [0.2, 0.25) is 5.91 Å². The highest BCUT2D eigenvalue weighted by molar-refractivity contribution is 6.32. The van der Waals surface area contributed by atoms with Crippen LogP contribution in [0.1, 0.15) is 35.6 Å². The summed E-state index contributed by atoms with van der Waals surface area (Å²) in [4.78, 5) is 28.5. The van der Waals surface area contributed by atoms with Crippen molar-refractivity contribution in [1.82, 2.24) is 10.2 Å². The summed E-state index contributed by atoms with van der Waals surface area (Å²) in [6, 6.07) is 19.9. The Morgan fingerprint density at radius 2 is 1.61 bits per heavy atom. The average Bonchev–Trinajstić information content (AvgIpc) is 2.88. The van der Waals surface area contributed by atoms with Crippen molar-refractivity contribution in [2.75, 3.05) is 13.2 Å². The Morgan fingerprint density at radius 3 is 2.25 bits per heavy atom. The molecule has 36 heavy (non-hydrogen) atoms. The summed E-state index contributed by atoms with van der Waals surface area (Å²) >= 11 is 12.7. The van der Waals surface area contributed by atoms with E-state index in [1.807, 2.05) is 69.3 Å². The van der Waals surface area contributed by atoms with E-state index >= 15 is 0 Å². The molecule has 1 atom stereocenters. The van der Waals surface area contributed by atoms with Gasteiger partial charge in [0.05, 0.1) is 0 Å². The van der Waals surface area contributed by atoms with Gasteiger partial charge in [-0.05, 0) is 60.7 Å². The number of nitrogens with one attached hydrogen (secondary N) is 1.